The summed E-state index contributed by atoms with van der Waals surface area (Å²) in [5, 5.41) is 13.1. The van der Waals surface area contributed by atoms with Gasteiger partial charge in [0.05, 0.1) is 12.4 Å². The summed E-state index contributed by atoms with van der Waals surface area (Å²) in [5.41, 5.74) is 2.14. The second-order valence-corrected chi connectivity index (χ2v) is 3.82. The van der Waals surface area contributed by atoms with Gasteiger partial charge >= 0.3 is 0 Å². The van der Waals surface area contributed by atoms with Crippen LogP contribution >= 0.6 is 0 Å². The summed E-state index contributed by atoms with van der Waals surface area (Å²) in [6.45, 7) is 3.73. The maximum absolute atomic E-state index is 9.08. The second-order valence-electron chi connectivity index (χ2n) is 3.82. The van der Waals surface area contributed by atoms with E-state index in [9.17, 15) is 0 Å². The number of aromatic nitrogens is 3. The van der Waals surface area contributed by atoms with E-state index in [1.54, 1.807) is 24.1 Å². The molecule has 2 aromatic rings. The topological polar surface area (TPSA) is 63.7 Å². The van der Waals surface area contributed by atoms with Crippen LogP contribution in [0.5, 0.6) is 11.6 Å². The molecule has 0 radical (unpaired) electrons. The molecular weight excluding hydrogens is 216 g/mol. The molecule has 0 amide bonds. The van der Waals surface area contributed by atoms with Crippen LogP contribution < -0.4 is 4.74 Å². The number of pyridine rings is 1. The Morgan fingerprint density at radius 1 is 1.41 bits per heavy atom. The molecule has 0 unspecified atom stereocenters. The Morgan fingerprint density at radius 3 is 2.76 bits per heavy atom. The summed E-state index contributed by atoms with van der Waals surface area (Å²) in [5.74, 6) is 0.902. The molecule has 2 heterocycles. The number of hydrogen-bond donors (Lipinski definition) is 0. The van der Waals surface area contributed by atoms with Crippen molar-refractivity contribution in [1.29, 1.82) is 5.26 Å². The zero-order chi connectivity index (χ0) is 12.4. The molecule has 0 aliphatic heterocycles. The maximum Gasteiger partial charge on any atom is 0.237 e. The second kappa shape index (κ2) is 4.26. The van der Waals surface area contributed by atoms with Crippen LogP contribution in [0.2, 0.25) is 0 Å². The van der Waals surface area contributed by atoms with E-state index >= 15 is 0 Å². The molecule has 5 heteroatoms. The first-order valence-electron chi connectivity index (χ1n) is 5.15. The molecule has 0 saturated carbocycles. The van der Waals surface area contributed by atoms with Gasteiger partial charge in [0.2, 0.25) is 5.88 Å². The third-order valence-corrected chi connectivity index (χ3v) is 2.32. The van der Waals surface area contributed by atoms with Crippen molar-refractivity contribution in [2.75, 3.05) is 0 Å². The van der Waals surface area contributed by atoms with Gasteiger partial charge in [-0.15, -0.1) is 0 Å². The number of aryl methyl sites for hydroxylation is 3. The summed E-state index contributed by atoms with van der Waals surface area (Å²) in [7, 11) is 1.80. The Bertz CT molecular complexity index is 595. The van der Waals surface area contributed by atoms with Crippen molar-refractivity contribution in [2.45, 2.75) is 13.8 Å². The molecule has 0 aromatic carbocycles. The number of hydrogen-bond acceptors (Lipinski definition) is 4. The number of nitriles is 1. The number of ether oxygens (including phenoxy) is 1. The van der Waals surface area contributed by atoms with Crippen LogP contribution in [-0.2, 0) is 7.05 Å². The molecule has 0 aliphatic carbocycles. The molecular formula is C12H12N4O. The molecule has 0 N–H and O–H groups in total. The van der Waals surface area contributed by atoms with Crippen molar-refractivity contribution < 1.29 is 4.74 Å². The predicted octanol–water partition coefficient (Wildman–Crippen LogP) is 2.10. The van der Waals surface area contributed by atoms with Crippen molar-refractivity contribution in [2.24, 2.45) is 7.05 Å². The van der Waals surface area contributed by atoms with Crippen molar-refractivity contribution in [3.05, 3.63) is 35.3 Å². The number of rotatable bonds is 2. The zero-order valence-corrected chi connectivity index (χ0v) is 9.93. The van der Waals surface area contributed by atoms with Crippen molar-refractivity contribution >= 4 is 0 Å². The average Bonchev–Trinajstić information content (AvgIpc) is 2.63. The highest BCUT2D eigenvalue weighted by Crippen LogP contribution is 2.25. The third-order valence-electron chi connectivity index (χ3n) is 2.32. The van der Waals surface area contributed by atoms with Crippen LogP contribution in [-0.4, -0.2) is 14.8 Å². The normalized spacial score (nSPS) is 10.0. The fraction of sp³-hybridized carbons (Fsp3) is 0.250. The van der Waals surface area contributed by atoms with Crippen LogP contribution in [0.25, 0.3) is 0 Å². The van der Waals surface area contributed by atoms with Gasteiger partial charge < -0.3 is 4.74 Å². The summed E-state index contributed by atoms with van der Waals surface area (Å²) >= 11 is 0. The molecule has 0 fully saturated rings. The monoisotopic (exact) mass is 228 g/mol. The lowest BCUT2D eigenvalue weighted by Gasteiger charge is -2.07. The van der Waals surface area contributed by atoms with Crippen LogP contribution in [0.15, 0.2) is 18.5 Å². The lowest BCUT2D eigenvalue weighted by molar-refractivity contribution is 0.459. The summed E-state index contributed by atoms with van der Waals surface area (Å²) in [6.07, 6.45) is 3.31. The largest absolute Gasteiger partial charge is 0.434 e. The van der Waals surface area contributed by atoms with Gasteiger partial charge in [0.15, 0.2) is 5.75 Å². The van der Waals surface area contributed by atoms with Crippen molar-refractivity contribution in [3.63, 3.8) is 0 Å². The highest BCUT2D eigenvalue weighted by atomic mass is 16.5. The van der Waals surface area contributed by atoms with E-state index < -0.39 is 0 Å². The van der Waals surface area contributed by atoms with Gasteiger partial charge in [-0.2, -0.15) is 10.4 Å². The summed E-state index contributed by atoms with van der Waals surface area (Å²) < 4.78 is 7.19. The van der Waals surface area contributed by atoms with E-state index in [1.807, 2.05) is 19.9 Å². The molecule has 0 aliphatic rings. The van der Waals surface area contributed by atoms with Gasteiger partial charge in [-0.1, -0.05) is 0 Å². The summed E-state index contributed by atoms with van der Waals surface area (Å²) in [6, 6.07) is 3.96. The fourth-order valence-corrected chi connectivity index (χ4v) is 1.58. The maximum atomic E-state index is 9.08. The minimum Gasteiger partial charge on any atom is -0.434 e. The van der Waals surface area contributed by atoms with E-state index in [4.69, 9.17) is 10.00 Å². The molecule has 5 nitrogen and oxygen atoms in total. The van der Waals surface area contributed by atoms with Crippen molar-refractivity contribution in [3.8, 4) is 17.7 Å². The van der Waals surface area contributed by atoms with Crippen LogP contribution in [0.3, 0.4) is 0 Å². The smallest absolute Gasteiger partial charge is 0.237 e. The van der Waals surface area contributed by atoms with E-state index in [1.165, 1.54) is 0 Å². The van der Waals surface area contributed by atoms with E-state index in [-0.39, 0.29) is 0 Å². The molecule has 17 heavy (non-hydrogen) atoms. The number of nitrogens with zero attached hydrogens (tertiary/aromatic N) is 4. The fourth-order valence-electron chi connectivity index (χ4n) is 1.58. The molecule has 0 saturated heterocycles. The van der Waals surface area contributed by atoms with Gasteiger partial charge in [0.25, 0.3) is 0 Å². The standard InChI is InChI=1S/C12H12N4O/c1-8-4-9(2)15-12(11(8)5-13)17-10-6-14-16(3)7-10/h4,6-7H,1-3H3. The Hall–Kier alpha value is -2.35. The van der Waals surface area contributed by atoms with E-state index in [0.717, 1.165) is 11.3 Å². The zero-order valence-electron chi connectivity index (χ0n) is 9.93. The first-order valence-corrected chi connectivity index (χ1v) is 5.15. The quantitative estimate of drug-likeness (QED) is 0.789. The van der Waals surface area contributed by atoms with Crippen molar-refractivity contribution in [1.82, 2.24) is 14.8 Å². The van der Waals surface area contributed by atoms with Gasteiger partial charge in [-0.3, -0.25) is 4.68 Å². The molecule has 86 valence electrons. The molecule has 0 spiro atoms. The Morgan fingerprint density at radius 2 is 2.18 bits per heavy atom. The van der Waals surface area contributed by atoms with Crippen LogP contribution in [0, 0.1) is 25.2 Å². The minimum absolute atomic E-state index is 0.331. The molecule has 0 bridgehead atoms. The first-order chi connectivity index (χ1) is 8.10. The molecule has 0 atom stereocenters. The molecule has 2 rings (SSSR count). The third kappa shape index (κ3) is 2.26. The molecule has 2 aromatic heterocycles. The predicted molar refractivity (Wildman–Crippen MR) is 61.7 cm³/mol. The highest BCUT2D eigenvalue weighted by molar-refractivity contribution is 5.46. The van der Waals surface area contributed by atoms with Gasteiger partial charge in [0, 0.05) is 12.7 Å². The first kappa shape index (κ1) is 11.1. The van der Waals surface area contributed by atoms with Crippen LogP contribution in [0.4, 0.5) is 0 Å². The SMILES string of the molecule is Cc1cc(C)c(C#N)c(Oc2cnn(C)c2)n1. The Balaban J connectivity index is 2.42. The lowest BCUT2D eigenvalue weighted by Crippen LogP contribution is -1.96. The van der Waals surface area contributed by atoms with Gasteiger partial charge in [0.1, 0.15) is 11.6 Å². The van der Waals surface area contributed by atoms with Gasteiger partial charge in [-0.25, -0.2) is 4.98 Å². The lowest BCUT2D eigenvalue weighted by atomic mass is 10.1. The average molecular weight is 228 g/mol. The Labute approximate surface area is 99.3 Å². The minimum atomic E-state index is 0.331. The van der Waals surface area contributed by atoms with Gasteiger partial charge in [-0.05, 0) is 25.5 Å². The van der Waals surface area contributed by atoms with E-state index in [0.29, 0.717) is 17.2 Å². The Kier molecular flexibility index (Phi) is 2.79. The van der Waals surface area contributed by atoms with E-state index in [2.05, 4.69) is 16.2 Å². The summed E-state index contributed by atoms with van der Waals surface area (Å²) in [4.78, 5) is 4.23. The highest BCUT2D eigenvalue weighted by Gasteiger charge is 2.11. The van der Waals surface area contributed by atoms with Crippen LogP contribution in [0.1, 0.15) is 16.8 Å².